The fourth-order valence-electron chi connectivity index (χ4n) is 3.89. The molecule has 0 aromatic rings. The summed E-state index contributed by atoms with van der Waals surface area (Å²) in [5, 5.41) is 12.9. The molecule has 2 unspecified atom stereocenters. The summed E-state index contributed by atoms with van der Waals surface area (Å²) in [6.07, 6.45) is 9.24. The highest BCUT2D eigenvalue weighted by molar-refractivity contribution is 4.92. The van der Waals surface area contributed by atoms with E-state index in [0.717, 1.165) is 31.5 Å². The zero-order valence-electron chi connectivity index (χ0n) is 13.5. The highest BCUT2D eigenvalue weighted by atomic mass is 16.3. The van der Waals surface area contributed by atoms with Gasteiger partial charge in [0.25, 0.3) is 0 Å². The maximum Gasteiger partial charge on any atom is 0.0443 e. The highest BCUT2D eigenvalue weighted by Gasteiger charge is 2.37. The molecular formula is C17H34N2O. The number of aliphatic hydroxyl groups excluding tert-OH is 1. The van der Waals surface area contributed by atoms with E-state index in [-0.39, 0.29) is 0 Å². The second kappa shape index (κ2) is 7.77. The second-order valence-corrected chi connectivity index (χ2v) is 7.30. The SMILES string of the molecule is CCN(CCCO)CC1(CNC2CC2)CCCC(C)C1. The predicted octanol–water partition coefficient (Wildman–Crippen LogP) is 2.64. The van der Waals surface area contributed by atoms with Gasteiger partial charge in [0.2, 0.25) is 0 Å². The van der Waals surface area contributed by atoms with Crippen molar-refractivity contribution in [3.05, 3.63) is 0 Å². The molecule has 0 aromatic heterocycles. The van der Waals surface area contributed by atoms with Gasteiger partial charge in [0, 0.05) is 32.3 Å². The van der Waals surface area contributed by atoms with Crippen molar-refractivity contribution in [2.24, 2.45) is 11.3 Å². The van der Waals surface area contributed by atoms with Gasteiger partial charge in [-0.1, -0.05) is 26.7 Å². The molecule has 0 heterocycles. The Morgan fingerprint density at radius 1 is 1.30 bits per heavy atom. The quantitative estimate of drug-likeness (QED) is 0.682. The van der Waals surface area contributed by atoms with Gasteiger partial charge in [-0.05, 0) is 50.0 Å². The smallest absolute Gasteiger partial charge is 0.0443 e. The van der Waals surface area contributed by atoms with Crippen LogP contribution in [0.2, 0.25) is 0 Å². The van der Waals surface area contributed by atoms with Crippen molar-refractivity contribution in [1.82, 2.24) is 10.2 Å². The number of hydrogen-bond acceptors (Lipinski definition) is 3. The van der Waals surface area contributed by atoms with Crippen LogP contribution >= 0.6 is 0 Å². The Balaban J connectivity index is 1.92. The van der Waals surface area contributed by atoms with Gasteiger partial charge in [-0.15, -0.1) is 0 Å². The minimum Gasteiger partial charge on any atom is -0.396 e. The average molecular weight is 282 g/mol. The van der Waals surface area contributed by atoms with Gasteiger partial charge >= 0.3 is 0 Å². The van der Waals surface area contributed by atoms with E-state index in [1.807, 2.05) is 0 Å². The highest BCUT2D eigenvalue weighted by Crippen LogP contribution is 2.40. The Morgan fingerprint density at radius 2 is 2.10 bits per heavy atom. The summed E-state index contributed by atoms with van der Waals surface area (Å²) in [6.45, 7) is 9.58. The van der Waals surface area contributed by atoms with Crippen molar-refractivity contribution in [1.29, 1.82) is 0 Å². The van der Waals surface area contributed by atoms with Crippen LogP contribution in [0.5, 0.6) is 0 Å². The molecule has 0 saturated heterocycles. The molecule has 2 saturated carbocycles. The van der Waals surface area contributed by atoms with E-state index in [1.54, 1.807) is 0 Å². The molecule has 2 aliphatic carbocycles. The number of rotatable bonds is 9. The Kier molecular flexibility index (Phi) is 6.31. The fourth-order valence-corrected chi connectivity index (χ4v) is 3.89. The van der Waals surface area contributed by atoms with Crippen LogP contribution in [-0.2, 0) is 0 Å². The fraction of sp³-hybridized carbons (Fsp3) is 1.00. The predicted molar refractivity (Wildman–Crippen MR) is 84.9 cm³/mol. The molecule has 2 N–H and O–H groups in total. The number of aliphatic hydroxyl groups is 1. The van der Waals surface area contributed by atoms with E-state index in [1.165, 1.54) is 51.6 Å². The molecule has 2 atom stereocenters. The summed E-state index contributed by atoms with van der Waals surface area (Å²) in [6, 6.07) is 0.816. The molecule has 3 nitrogen and oxygen atoms in total. The average Bonchev–Trinajstić information content (AvgIpc) is 3.26. The largest absolute Gasteiger partial charge is 0.396 e. The van der Waals surface area contributed by atoms with Crippen LogP contribution in [0, 0.1) is 11.3 Å². The molecule has 0 spiro atoms. The molecule has 2 fully saturated rings. The summed E-state index contributed by atoms with van der Waals surface area (Å²) >= 11 is 0. The van der Waals surface area contributed by atoms with Gasteiger partial charge in [-0.25, -0.2) is 0 Å². The van der Waals surface area contributed by atoms with Gasteiger partial charge in [0.1, 0.15) is 0 Å². The summed E-state index contributed by atoms with van der Waals surface area (Å²) in [7, 11) is 0. The van der Waals surface area contributed by atoms with Crippen molar-refractivity contribution in [2.45, 2.75) is 64.8 Å². The number of nitrogens with one attached hydrogen (secondary N) is 1. The first-order valence-corrected chi connectivity index (χ1v) is 8.74. The first-order valence-electron chi connectivity index (χ1n) is 8.74. The minimum absolute atomic E-state index is 0.320. The minimum atomic E-state index is 0.320. The van der Waals surface area contributed by atoms with Crippen molar-refractivity contribution < 1.29 is 5.11 Å². The van der Waals surface area contributed by atoms with Crippen molar-refractivity contribution in [3.63, 3.8) is 0 Å². The monoisotopic (exact) mass is 282 g/mol. The molecule has 0 amide bonds. The van der Waals surface area contributed by atoms with Crippen molar-refractivity contribution in [3.8, 4) is 0 Å². The first kappa shape index (κ1) is 16.3. The van der Waals surface area contributed by atoms with Crippen LogP contribution in [-0.4, -0.2) is 48.8 Å². The zero-order valence-corrected chi connectivity index (χ0v) is 13.5. The van der Waals surface area contributed by atoms with E-state index in [2.05, 4.69) is 24.1 Å². The van der Waals surface area contributed by atoms with E-state index >= 15 is 0 Å². The lowest BCUT2D eigenvalue weighted by Crippen LogP contribution is -2.47. The number of nitrogens with zero attached hydrogens (tertiary/aromatic N) is 1. The van der Waals surface area contributed by atoms with Crippen molar-refractivity contribution in [2.75, 3.05) is 32.8 Å². The van der Waals surface area contributed by atoms with Gasteiger partial charge in [-0.2, -0.15) is 0 Å². The van der Waals surface area contributed by atoms with Gasteiger partial charge in [-0.3, -0.25) is 0 Å². The van der Waals surface area contributed by atoms with Crippen LogP contribution in [0.3, 0.4) is 0 Å². The van der Waals surface area contributed by atoms with Crippen molar-refractivity contribution >= 4 is 0 Å². The second-order valence-electron chi connectivity index (χ2n) is 7.30. The van der Waals surface area contributed by atoms with Gasteiger partial charge in [0.15, 0.2) is 0 Å². The Hall–Kier alpha value is -0.120. The lowest BCUT2D eigenvalue weighted by Gasteiger charge is -2.43. The summed E-state index contributed by atoms with van der Waals surface area (Å²) in [5.41, 5.74) is 0.478. The van der Waals surface area contributed by atoms with Gasteiger partial charge in [0.05, 0.1) is 0 Å². The third kappa shape index (κ3) is 5.01. The molecule has 20 heavy (non-hydrogen) atoms. The van der Waals surface area contributed by atoms with Crippen LogP contribution < -0.4 is 5.32 Å². The first-order chi connectivity index (χ1) is 9.67. The standard InChI is InChI=1S/C17H34N2O/c1-3-19(10-5-11-20)14-17(13-18-16-7-8-16)9-4-6-15(2)12-17/h15-16,18,20H,3-14H2,1-2H3. The van der Waals surface area contributed by atoms with Crippen LogP contribution in [0.1, 0.15) is 58.8 Å². The maximum atomic E-state index is 9.07. The topological polar surface area (TPSA) is 35.5 Å². The Labute approximate surface area is 125 Å². The molecule has 0 aromatic carbocycles. The molecule has 2 rings (SSSR count). The molecule has 0 radical (unpaired) electrons. The lowest BCUT2D eigenvalue weighted by molar-refractivity contribution is 0.0785. The molecule has 2 aliphatic rings. The number of hydrogen-bond donors (Lipinski definition) is 2. The Bertz CT molecular complexity index is 280. The van der Waals surface area contributed by atoms with E-state index in [4.69, 9.17) is 5.11 Å². The molecule has 0 bridgehead atoms. The molecule has 0 aliphatic heterocycles. The molecule has 118 valence electrons. The third-order valence-electron chi connectivity index (χ3n) is 5.17. The molecular weight excluding hydrogens is 248 g/mol. The summed E-state index contributed by atoms with van der Waals surface area (Å²) in [4.78, 5) is 2.56. The van der Waals surface area contributed by atoms with Crippen LogP contribution in [0.25, 0.3) is 0 Å². The van der Waals surface area contributed by atoms with E-state index in [0.29, 0.717) is 12.0 Å². The third-order valence-corrected chi connectivity index (χ3v) is 5.17. The summed E-state index contributed by atoms with van der Waals surface area (Å²) in [5.74, 6) is 0.876. The lowest BCUT2D eigenvalue weighted by atomic mass is 9.69. The molecule has 3 heteroatoms. The van der Waals surface area contributed by atoms with E-state index < -0.39 is 0 Å². The zero-order chi connectivity index (χ0) is 14.4. The Morgan fingerprint density at radius 3 is 2.70 bits per heavy atom. The van der Waals surface area contributed by atoms with Crippen LogP contribution in [0.4, 0.5) is 0 Å². The van der Waals surface area contributed by atoms with Crippen LogP contribution in [0.15, 0.2) is 0 Å². The van der Waals surface area contributed by atoms with E-state index in [9.17, 15) is 0 Å². The normalized spacial score (nSPS) is 30.9. The maximum absolute atomic E-state index is 9.07. The van der Waals surface area contributed by atoms with Gasteiger partial charge < -0.3 is 15.3 Å². The summed E-state index contributed by atoms with van der Waals surface area (Å²) < 4.78 is 0.